The highest BCUT2D eigenvalue weighted by atomic mass is 127. The third kappa shape index (κ3) is 1.43. The molecule has 1 heterocycles. The van der Waals surface area contributed by atoms with Crippen molar-refractivity contribution < 1.29 is 8.78 Å². The summed E-state index contributed by atoms with van der Waals surface area (Å²) in [5, 5.41) is 0.631. The van der Waals surface area contributed by atoms with Gasteiger partial charge >= 0.3 is 0 Å². The highest BCUT2D eigenvalue weighted by Crippen LogP contribution is 2.23. The van der Waals surface area contributed by atoms with Crippen molar-refractivity contribution in [3.63, 3.8) is 0 Å². The summed E-state index contributed by atoms with van der Waals surface area (Å²) in [7, 11) is 0. The summed E-state index contributed by atoms with van der Waals surface area (Å²) in [6, 6.07) is 2.23. The average molecular weight is 293 g/mol. The molecule has 0 amide bonds. The van der Waals surface area contributed by atoms with E-state index in [9.17, 15) is 8.78 Å². The molecule has 0 fully saturated rings. The third-order valence-electron chi connectivity index (χ3n) is 1.94. The number of nitrogens with one attached hydrogen (secondary N) is 1. The molecule has 0 aliphatic carbocycles. The van der Waals surface area contributed by atoms with E-state index in [1.807, 2.05) is 0 Å². The largest absolute Gasteiger partial charge is 0.358 e. The number of rotatable bonds is 1. The van der Waals surface area contributed by atoms with Crippen LogP contribution in [0.25, 0.3) is 10.9 Å². The Kier molecular flexibility index (Phi) is 2.23. The number of hydrogen-bond acceptors (Lipinski definition) is 0. The van der Waals surface area contributed by atoms with Crippen LogP contribution >= 0.6 is 22.6 Å². The van der Waals surface area contributed by atoms with Crippen molar-refractivity contribution in [1.29, 1.82) is 0 Å². The number of hydrogen-bond donors (Lipinski definition) is 1. The van der Waals surface area contributed by atoms with E-state index in [4.69, 9.17) is 0 Å². The van der Waals surface area contributed by atoms with Gasteiger partial charge in [-0.3, -0.25) is 0 Å². The first kappa shape index (κ1) is 8.93. The van der Waals surface area contributed by atoms with Crippen LogP contribution in [-0.2, 0) is 4.43 Å². The molecule has 0 unspecified atom stereocenters. The molecule has 1 aromatic carbocycles. The van der Waals surface area contributed by atoms with Gasteiger partial charge in [0.25, 0.3) is 0 Å². The summed E-state index contributed by atoms with van der Waals surface area (Å²) in [6.45, 7) is 0. The van der Waals surface area contributed by atoms with Crippen LogP contribution in [0.4, 0.5) is 8.78 Å². The summed E-state index contributed by atoms with van der Waals surface area (Å²) in [6.07, 6.45) is 1.71. The van der Waals surface area contributed by atoms with Crippen molar-refractivity contribution in [1.82, 2.24) is 4.98 Å². The van der Waals surface area contributed by atoms with E-state index in [1.54, 1.807) is 6.20 Å². The van der Waals surface area contributed by atoms with Gasteiger partial charge in [-0.25, -0.2) is 8.78 Å². The van der Waals surface area contributed by atoms with Crippen LogP contribution in [0.5, 0.6) is 0 Å². The van der Waals surface area contributed by atoms with Crippen molar-refractivity contribution in [2.75, 3.05) is 0 Å². The molecule has 0 bridgehead atoms. The Labute approximate surface area is 87.3 Å². The zero-order valence-corrected chi connectivity index (χ0v) is 8.73. The van der Waals surface area contributed by atoms with Crippen LogP contribution in [0.15, 0.2) is 18.3 Å². The molecule has 2 aromatic rings. The van der Waals surface area contributed by atoms with Gasteiger partial charge in [-0.05, 0) is 11.6 Å². The molecular formula is C9H6F2IN. The topological polar surface area (TPSA) is 15.8 Å². The van der Waals surface area contributed by atoms with E-state index >= 15 is 0 Å². The third-order valence-corrected chi connectivity index (χ3v) is 2.76. The highest BCUT2D eigenvalue weighted by molar-refractivity contribution is 14.1. The van der Waals surface area contributed by atoms with E-state index in [2.05, 4.69) is 27.6 Å². The maximum atomic E-state index is 13.1. The molecule has 4 heteroatoms. The summed E-state index contributed by atoms with van der Waals surface area (Å²) in [5.74, 6) is -1.07. The molecule has 0 saturated carbocycles. The van der Waals surface area contributed by atoms with E-state index in [-0.39, 0.29) is 0 Å². The van der Waals surface area contributed by atoms with Crippen molar-refractivity contribution in [2.45, 2.75) is 4.43 Å². The second-order valence-electron chi connectivity index (χ2n) is 2.76. The lowest BCUT2D eigenvalue weighted by Gasteiger charge is -1.95. The van der Waals surface area contributed by atoms with Crippen molar-refractivity contribution in [3.8, 4) is 0 Å². The first-order valence-corrected chi connectivity index (χ1v) is 5.26. The lowest BCUT2D eigenvalue weighted by Crippen LogP contribution is -1.82. The maximum absolute atomic E-state index is 13.1. The number of benzene rings is 1. The summed E-state index contributed by atoms with van der Waals surface area (Å²) in [4.78, 5) is 2.79. The molecule has 0 atom stereocenters. The van der Waals surface area contributed by atoms with E-state index in [0.29, 0.717) is 10.9 Å². The average Bonchev–Trinajstić information content (AvgIpc) is 2.47. The van der Waals surface area contributed by atoms with Gasteiger partial charge in [0.1, 0.15) is 11.6 Å². The molecule has 68 valence electrons. The van der Waals surface area contributed by atoms with Crippen LogP contribution in [0.3, 0.4) is 0 Å². The zero-order chi connectivity index (χ0) is 9.42. The minimum absolute atomic E-state index is 0.382. The Morgan fingerprint density at radius 1 is 1.31 bits per heavy atom. The van der Waals surface area contributed by atoms with Crippen LogP contribution in [-0.4, -0.2) is 4.98 Å². The monoisotopic (exact) mass is 293 g/mol. The first-order chi connectivity index (χ1) is 6.22. The number of fused-ring (bicyclic) bond motifs is 1. The Balaban J connectivity index is 2.82. The van der Waals surface area contributed by atoms with Gasteiger partial charge < -0.3 is 4.98 Å². The molecule has 1 N–H and O–H groups in total. The van der Waals surface area contributed by atoms with Crippen molar-refractivity contribution >= 4 is 33.5 Å². The molecule has 13 heavy (non-hydrogen) atoms. The fourth-order valence-corrected chi connectivity index (χ4v) is 1.95. The van der Waals surface area contributed by atoms with Crippen LogP contribution < -0.4 is 0 Å². The summed E-state index contributed by atoms with van der Waals surface area (Å²) in [5.41, 5.74) is 1.31. The lowest BCUT2D eigenvalue weighted by molar-refractivity contribution is 0.591. The van der Waals surface area contributed by atoms with Crippen LogP contribution in [0, 0.1) is 11.6 Å². The Morgan fingerprint density at radius 2 is 2.08 bits per heavy atom. The molecule has 0 aliphatic heterocycles. The molecule has 2 rings (SSSR count). The second-order valence-corrected chi connectivity index (χ2v) is 3.52. The molecule has 0 spiro atoms. The van der Waals surface area contributed by atoms with Gasteiger partial charge in [0.2, 0.25) is 0 Å². The fraction of sp³-hybridized carbons (Fsp3) is 0.111. The van der Waals surface area contributed by atoms with Crippen molar-refractivity contribution in [3.05, 3.63) is 35.5 Å². The fourth-order valence-electron chi connectivity index (χ4n) is 1.32. The SMILES string of the molecule is Fc1cc(F)c2[nH]cc(CI)c2c1. The zero-order valence-electron chi connectivity index (χ0n) is 6.57. The van der Waals surface area contributed by atoms with Gasteiger partial charge in [-0.2, -0.15) is 0 Å². The van der Waals surface area contributed by atoms with Crippen molar-refractivity contribution in [2.24, 2.45) is 0 Å². The minimum atomic E-state index is -0.536. The number of aromatic nitrogens is 1. The molecular weight excluding hydrogens is 287 g/mol. The number of aromatic amines is 1. The Bertz CT molecular complexity index is 450. The normalized spacial score (nSPS) is 11.0. The smallest absolute Gasteiger partial charge is 0.150 e. The maximum Gasteiger partial charge on any atom is 0.150 e. The van der Waals surface area contributed by atoms with E-state index in [0.717, 1.165) is 16.1 Å². The second kappa shape index (κ2) is 3.25. The molecule has 0 saturated heterocycles. The van der Waals surface area contributed by atoms with Gasteiger partial charge in [0.05, 0.1) is 5.52 Å². The van der Waals surface area contributed by atoms with Crippen LogP contribution in [0.1, 0.15) is 5.56 Å². The Hall–Kier alpha value is -0.650. The quantitative estimate of drug-likeness (QED) is 0.613. The standard InChI is InChI=1S/C9H6F2IN/c10-6-1-7-5(3-12)4-13-9(7)8(11)2-6/h1-2,4,13H,3H2. The predicted octanol–water partition coefficient (Wildman–Crippen LogP) is 3.38. The lowest BCUT2D eigenvalue weighted by atomic mass is 10.2. The first-order valence-electron chi connectivity index (χ1n) is 3.73. The Morgan fingerprint density at radius 3 is 2.77 bits per heavy atom. The number of H-pyrrole nitrogens is 1. The molecule has 0 radical (unpaired) electrons. The number of alkyl halides is 1. The number of halogens is 3. The van der Waals surface area contributed by atoms with Crippen LogP contribution in [0.2, 0.25) is 0 Å². The van der Waals surface area contributed by atoms with Gasteiger partial charge in [0.15, 0.2) is 0 Å². The summed E-state index contributed by atoms with van der Waals surface area (Å²) >= 11 is 2.16. The predicted molar refractivity (Wildman–Crippen MR) is 55.9 cm³/mol. The van der Waals surface area contributed by atoms with Gasteiger partial charge in [-0.1, -0.05) is 22.6 Å². The van der Waals surface area contributed by atoms with E-state index in [1.165, 1.54) is 6.07 Å². The molecule has 0 aliphatic rings. The van der Waals surface area contributed by atoms with Gasteiger partial charge in [-0.15, -0.1) is 0 Å². The van der Waals surface area contributed by atoms with E-state index < -0.39 is 11.6 Å². The van der Waals surface area contributed by atoms with Gasteiger partial charge in [0, 0.05) is 22.1 Å². The minimum Gasteiger partial charge on any atom is -0.358 e. The summed E-state index contributed by atoms with van der Waals surface area (Å²) < 4.78 is 26.7. The molecule has 1 nitrogen and oxygen atoms in total. The highest BCUT2D eigenvalue weighted by Gasteiger charge is 2.08. The molecule has 1 aromatic heterocycles.